The Morgan fingerprint density at radius 1 is 0.269 bits per heavy atom. The van der Waals surface area contributed by atoms with Crippen molar-refractivity contribution in [2.75, 3.05) is 13.2 Å². The average Bonchev–Trinajstić information content (AvgIpc) is 3.44. The smallest absolute Gasteiger partial charge is 0.306 e. The topological polar surface area (TPSA) is 78.9 Å². The predicted molar refractivity (Wildman–Crippen MR) is 339 cm³/mol. The maximum Gasteiger partial charge on any atom is 0.306 e. The molecule has 0 bridgehead atoms. The number of ether oxygens (including phenoxy) is 3. The number of allylic oxidation sites excluding steroid dienone is 12. The van der Waals surface area contributed by atoms with Crippen LogP contribution in [-0.2, 0) is 28.6 Å². The van der Waals surface area contributed by atoms with Gasteiger partial charge in [0.05, 0.1) is 0 Å². The molecule has 0 heterocycles. The first kappa shape index (κ1) is 74.8. The Balaban J connectivity index is 4.00. The van der Waals surface area contributed by atoms with Gasteiger partial charge in [-0.2, -0.15) is 0 Å². The summed E-state index contributed by atoms with van der Waals surface area (Å²) in [5, 5.41) is 0. The van der Waals surface area contributed by atoms with Gasteiger partial charge in [-0.15, -0.1) is 0 Å². The summed E-state index contributed by atoms with van der Waals surface area (Å²) in [6.07, 6.45) is 86.9. The van der Waals surface area contributed by atoms with Crippen LogP contribution in [0.1, 0.15) is 348 Å². The molecule has 1 atom stereocenters. The van der Waals surface area contributed by atoms with E-state index < -0.39 is 6.10 Å². The van der Waals surface area contributed by atoms with E-state index in [1.165, 1.54) is 205 Å². The minimum atomic E-state index is -0.772. The lowest BCUT2D eigenvalue weighted by atomic mass is 10.0. The van der Waals surface area contributed by atoms with Crippen molar-refractivity contribution < 1.29 is 28.6 Å². The summed E-state index contributed by atoms with van der Waals surface area (Å²) >= 11 is 0. The van der Waals surface area contributed by atoms with E-state index in [1.54, 1.807) is 0 Å². The fourth-order valence-corrected chi connectivity index (χ4v) is 9.92. The number of unbranched alkanes of at least 4 members (excludes halogenated alkanes) is 39. The highest BCUT2D eigenvalue weighted by atomic mass is 16.6. The van der Waals surface area contributed by atoms with Crippen molar-refractivity contribution in [3.63, 3.8) is 0 Å². The second-order valence-corrected chi connectivity index (χ2v) is 22.7. The first-order valence-electron chi connectivity index (χ1n) is 33.9. The van der Waals surface area contributed by atoms with E-state index in [4.69, 9.17) is 14.2 Å². The Morgan fingerprint density at radius 3 is 0.782 bits per heavy atom. The molecule has 0 aliphatic heterocycles. The number of hydrogen-bond donors (Lipinski definition) is 0. The highest BCUT2D eigenvalue weighted by Gasteiger charge is 2.19. The number of esters is 3. The fraction of sp³-hybridized carbons (Fsp3) is 0.792. The van der Waals surface area contributed by atoms with Crippen molar-refractivity contribution in [1.29, 1.82) is 0 Å². The molecule has 0 amide bonds. The zero-order valence-electron chi connectivity index (χ0n) is 51.9. The monoisotopic (exact) mass is 1090 g/mol. The van der Waals surface area contributed by atoms with Gasteiger partial charge >= 0.3 is 17.9 Å². The molecule has 0 fully saturated rings. The summed E-state index contributed by atoms with van der Waals surface area (Å²) in [5.41, 5.74) is 0. The Morgan fingerprint density at radius 2 is 0.500 bits per heavy atom. The van der Waals surface area contributed by atoms with Crippen molar-refractivity contribution >= 4 is 17.9 Å². The zero-order chi connectivity index (χ0) is 56.4. The molecule has 0 aliphatic rings. The van der Waals surface area contributed by atoms with Crippen LogP contribution in [0.3, 0.4) is 0 Å². The average molecular weight is 1090 g/mol. The largest absolute Gasteiger partial charge is 0.462 e. The van der Waals surface area contributed by atoms with Gasteiger partial charge in [-0.3, -0.25) is 14.4 Å². The maximum absolute atomic E-state index is 12.9. The molecule has 452 valence electrons. The van der Waals surface area contributed by atoms with Gasteiger partial charge in [0.15, 0.2) is 6.10 Å². The first-order valence-corrected chi connectivity index (χ1v) is 33.9. The Hall–Kier alpha value is -3.15. The second kappa shape index (κ2) is 66.4. The lowest BCUT2D eigenvalue weighted by Gasteiger charge is -2.18. The van der Waals surface area contributed by atoms with Crippen molar-refractivity contribution in [2.45, 2.75) is 354 Å². The van der Waals surface area contributed by atoms with E-state index in [1.807, 2.05) is 0 Å². The third kappa shape index (κ3) is 63.7. The van der Waals surface area contributed by atoms with Gasteiger partial charge in [0.1, 0.15) is 13.2 Å². The highest BCUT2D eigenvalue weighted by molar-refractivity contribution is 5.71. The van der Waals surface area contributed by atoms with Crippen molar-refractivity contribution in [1.82, 2.24) is 0 Å². The second-order valence-electron chi connectivity index (χ2n) is 22.7. The molecule has 0 radical (unpaired) electrons. The van der Waals surface area contributed by atoms with E-state index in [9.17, 15) is 14.4 Å². The molecule has 1 unspecified atom stereocenters. The molecule has 0 aliphatic carbocycles. The molecule has 78 heavy (non-hydrogen) atoms. The van der Waals surface area contributed by atoms with Crippen LogP contribution in [0.15, 0.2) is 72.9 Å². The predicted octanol–water partition coefficient (Wildman–Crippen LogP) is 23.3. The Kier molecular flexibility index (Phi) is 63.7. The number of rotatable bonds is 62. The SMILES string of the molecule is CC/C=C\C/C=C\C/C=C\C/C=C\C/C=C\C/C=C\CCCCCCCCCCCCC(=O)OCC(COC(=O)CCCCCCC)OC(=O)CCCCCCCCCCCCCCCCCCCCCCCCCCCC. The fourth-order valence-electron chi connectivity index (χ4n) is 9.92. The van der Waals surface area contributed by atoms with Gasteiger partial charge in [0.2, 0.25) is 0 Å². The molecular formula is C72H128O6. The van der Waals surface area contributed by atoms with Gasteiger partial charge in [0.25, 0.3) is 0 Å². The number of carbonyl (C=O) groups is 3. The van der Waals surface area contributed by atoms with Crippen LogP contribution < -0.4 is 0 Å². The molecule has 0 aromatic rings. The van der Waals surface area contributed by atoms with Crippen LogP contribution in [0.4, 0.5) is 0 Å². The summed E-state index contributed by atoms with van der Waals surface area (Å²) in [5.74, 6) is -0.874. The van der Waals surface area contributed by atoms with Gasteiger partial charge < -0.3 is 14.2 Å². The van der Waals surface area contributed by atoms with Crippen molar-refractivity contribution in [3.05, 3.63) is 72.9 Å². The van der Waals surface area contributed by atoms with E-state index in [-0.39, 0.29) is 31.1 Å². The molecule has 0 saturated carbocycles. The van der Waals surface area contributed by atoms with Crippen LogP contribution in [0, 0.1) is 0 Å². The van der Waals surface area contributed by atoms with Crippen molar-refractivity contribution in [2.24, 2.45) is 0 Å². The Labute approximate surface area is 484 Å². The third-order valence-corrected chi connectivity index (χ3v) is 15.0. The third-order valence-electron chi connectivity index (χ3n) is 15.0. The van der Waals surface area contributed by atoms with E-state index in [0.29, 0.717) is 19.3 Å². The normalized spacial score (nSPS) is 12.5. The highest BCUT2D eigenvalue weighted by Crippen LogP contribution is 2.18. The Bertz CT molecular complexity index is 1440. The molecule has 6 nitrogen and oxygen atoms in total. The van der Waals surface area contributed by atoms with Crippen LogP contribution in [0.25, 0.3) is 0 Å². The molecular weight excluding hydrogens is 961 g/mol. The maximum atomic E-state index is 12.9. The van der Waals surface area contributed by atoms with Crippen LogP contribution in [0.5, 0.6) is 0 Å². The molecule has 0 N–H and O–H groups in total. The van der Waals surface area contributed by atoms with Crippen LogP contribution in [0.2, 0.25) is 0 Å². The molecule has 0 aromatic heterocycles. The quantitative estimate of drug-likeness (QED) is 0.0261. The lowest BCUT2D eigenvalue weighted by molar-refractivity contribution is -0.167. The number of carbonyl (C=O) groups excluding carboxylic acids is 3. The minimum absolute atomic E-state index is 0.0736. The minimum Gasteiger partial charge on any atom is -0.462 e. The van der Waals surface area contributed by atoms with Crippen LogP contribution in [-0.4, -0.2) is 37.2 Å². The first-order chi connectivity index (χ1) is 38.5. The number of hydrogen-bond acceptors (Lipinski definition) is 6. The molecule has 0 spiro atoms. The van der Waals surface area contributed by atoms with Gasteiger partial charge in [-0.25, -0.2) is 0 Å². The lowest BCUT2D eigenvalue weighted by Crippen LogP contribution is -2.30. The summed E-state index contributed by atoms with van der Waals surface area (Å²) in [6.45, 7) is 6.49. The zero-order valence-corrected chi connectivity index (χ0v) is 51.9. The van der Waals surface area contributed by atoms with Gasteiger partial charge in [0, 0.05) is 19.3 Å². The summed E-state index contributed by atoms with van der Waals surface area (Å²) in [6, 6.07) is 0. The summed E-state index contributed by atoms with van der Waals surface area (Å²) in [7, 11) is 0. The molecule has 0 saturated heterocycles. The van der Waals surface area contributed by atoms with E-state index in [2.05, 4.69) is 93.7 Å². The van der Waals surface area contributed by atoms with Gasteiger partial charge in [-0.05, 0) is 70.6 Å². The molecule has 0 aromatic carbocycles. The van der Waals surface area contributed by atoms with E-state index in [0.717, 1.165) is 103 Å². The molecule has 6 heteroatoms. The molecule has 0 rings (SSSR count). The van der Waals surface area contributed by atoms with E-state index >= 15 is 0 Å². The summed E-state index contributed by atoms with van der Waals surface area (Å²) in [4.78, 5) is 38.0. The van der Waals surface area contributed by atoms with Gasteiger partial charge in [-0.1, -0.05) is 331 Å². The van der Waals surface area contributed by atoms with Crippen LogP contribution >= 0.6 is 0 Å². The standard InChI is InChI=1S/C72H128O6/c1-4-7-10-13-15-17-19-21-23-25-27-29-31-33-35-36-37-39-40-42-44-46-48-50-52-54-56-59-62-65-71(74)77-68-69(67-76-70(73)64-61-58-12-9-6-3)78-72(75)66-63-60-57-55-53-51-49-47-45-43-41-38-34-32-30-28-26-24-22-20-18-16-14-11-8-5-2/h7,10,15,17,21,23,27,29,33,35,37,39,69H,4-6,8-9,11-14,16,18-20,22,24-26,28,30-32,34,36,38,40-68H2,1-3H3/b10-7-,17-15-,23-21-,29-27-,35-33-,39-37-. The summed E-state index contributed by atoms with van der Waals surface area (Å²) < 4.78 is 16.8. The van der Waals surface area contributed by atoms with Crippen molar-refractivity contribution in [3.8, 4) is 0 Å².